The van der Waals surface area contributed by atoms with Gasteiger partial charge in [-0.3, -0.25) is 0 Å². The van der Waals surface area contributed by atoms with Crippen LogP contribution < -0.4 is 0 Å². The Morgan fingerprint density at radius 2 is 1.36 bits per heavy atom. The van der Waals surface area contributed by atoms with E-state index in [4.69, 9.17) is 6.42 Å². The zero-order chi connectivity index (χ0) is 8.59. The van der Waals surface area contributed by atoms with Crippen LogP contribution in [-0.4, -0.2) is 0 Å². The molecule has 0 aliphatic heterocycles. The van der Waals surface area contributed by atoms with Crippen molar-refractivity contribution in [2.75, 3.05) is 0 Å². The molecule has 0 aromatic heterocycles. The fourth-order valence-electron chi connectivity index (χ4n) is 1.60. The second-order valence-corrected chi connectivity index (χ2v) is 3.22. The van der Waals surface area contributed by atoms with Crippen molar-refractivity contribution in [1.82, 2.24) is 0 Å². The van der Waals surface area contributed by atoms with Crippen LogP contribution in [-0.2, 0) is 0 Å². The Morgan fingerprint density at radius 3 is 1.55 bits per heavy atom. The van der Waals surface area contributed by atoms with Crippen molar-refractivity contribution in [2.24, 2.45) is 5.92 Å². The molecule has 1 aliphatic rings. The van der Waals surface area contributed by atoms with Gasteiger partial charge in [0.1, 0.15) is 0 Å². The summed E-state index contributed by atoms with van der Waals surface area (Å²) >= 11 is 0. The van der Waals surface area contributed by atoms with E-state index >= 15 is 0 Å². The second-order valence-electron chi connectivity index (χ2n) is 3.22. The summed E-state index contributed by atoms with van der Waals surface area (Å²) in [5.41, 5.74) is 5.46. The predicted molar refractivity (Wildman–Crippen MR) is 49.1 cm³/mol. The highest BCUT2D eigenvalue weighted by Crippen LogP contribution is 2.35. The topological polar surface area (TPSA) is 0 Å². The standard InChI is InChI=1S/C11H14/c1-6-11-9(4)7(2)8(3)10(11)5/h1,11H,2-5H3. The van der Waals surface area contributed by atoms with Crippen molar-refractivity contribution < 1.29 is 0 Å². The summed E-state index contributed by atoms with van der Waals surface area (Å²) in [5, 5.41) is 0. The van der Waals surface area contributed by atoms with Gasteiger partial charge in [0.25, 0.3) is 0 Å². The number of allylic oxidation sites excluding steroid dienone is 4. The Bertz CT molecular complexity index is 258. The monoisotopic (exact) mass is 146 g/mol. The van der Waals surface area contributed by atoms with Crippen LogP contribution in [0, 0.1) is 18.3 Å². The maximum absolute atomic E-state index is 5.42. The fourth-order valence-corrected chi connectivity index (χ4v) is 1.60. The summed E-state index contributed by atoms with van der Waals surface area (Å²) in [5.74, 6) is 3.08. The van der Waals surface area contributed by atoms with E-state index in [0.717, 1.165) is 0 Å². The van der Waals surface area contributed by atoms with Crippen LogP contribution in [0.25, 0.3) is 0 Å². The van der Waals surface area contributed by atoms with Crippen LogP contribution in [0.15, 0.2) is 22.3 Å². The third-order valence-electron chi connectivity index (χ3n) is 2.78. The molecule has 1 aliphatic carbocycles. The summed E-state index contributed by atoms with van der Waals surface area (Å²) in [7, 11) is 0. The Kier molecular flexibility index (Phi) is 1.91. The lowest BCUT2D eigenvalue weighted by Gasteiger charge is -2.04. The number of hydrogen-bond donors (Lipinski definition) is 0. The molecule has 11 heavy (non-hydrogen) atoms. The minimum Gasteiger partial charge on any atom is -0.119 e. The third-order valence-corrected chi connectivity index (χ3v) is 2.78. The quantitative estimate of drug-likeness (QED) is 0.461. The van der Waals surface area contributed by atoms with E-state index in [-0.39, 0.29) is 5.92 Å². The zero-order valence-electron chi connectivity index (χ0n) is 7.65. The molecule has 0 nitrogen and oxygen atoms in total. The van der Waals surface area contributed by atoms with Gasteiger partial charge in [-0.2, -0.15) is 0 Å². The molecule has 0 aromatic rings. The van der Waals surface area contributed by atoms with Gasteiger partial charge in [0.2, 0.25) is 0 Å². The van der Waals surface area contributed by atoms with E-state index in [2.05, 4.69) is 33.6 Å². The maximum Gasteiger partial charge on any atom is 0.0625 e. The Morgan fingerprint density at radius 1 is 1.00 bits per heavy atom. The molecular formula is C11H14. The van der Waals surface area contributed by atoms with E-state index in [1.54, 1.807) is 0 Å². The summed E-state index contributed by atoms with van der Waals surface area (Å²) < 4.78 is 0. The van der Waals surface area contributed by atoms with Gasteiger partial charge in [0.05, 0.1) is 5.92 Å². The van der Waals surface area contributed by atoms with Gasteiger partial charge in [-0.1, -0.05) is 17.1 Å². The van der Waals surface area contributed by atoms with Crippen molar-refractivity contribution in [3.8, 4) is 12.3 Å². The number of terminal acetylenes is 1. The predicted octanol–water partition coefficient (Wildman–Crippen LogP) is 2.92. The van der Waals surface area contributed by atoms with Crippen LogP contribution in [0.5, 0.6) is 0 Å². The highest BCUT2D eigenvalue weighted by atomic mass is 14.2. The van der Waals surface area contributed by atoms with Gasteiger partial charge < -0.3 is 0 Å². The van der Waals surface area contributed by atoms with E-state index in [1.807, 2.05) is 0 Å². The molecular weight excluding hydrogens is 132 g/mol. The smallest absolute Gasteiger partial charge is 0.0625 e. The van der Waals surface area contributed by atoms with E-state index in [9.17, 15) is 0 Å². The Hall–Kier alpha value is -0.960. The molecule has 0 aromatic carbocycles. The highest BCUT2D eigenvalue weighted by molar-refractivity contribution is 5.49. The van der Waals surface area contributed by atoms with Crippen LogP contribution in [0.1, 0.15) is 27.7 Å². The average molecular weight is 146 g/mol. The van der Waals surface area contributed by atoms with Crippen LogP contribution in [0.3, 0.4) is 0 Å². The fraction of sp³-hybridized carbons (Fsp3) is 0.455. The van der Waals surface area contributed by atoms with Crippen molar-refractivity contribution in [1.29, 1.82) is 0 Å². The van der Waals surface area contributed by atoms with Crippen LogP contribution in [0.2, 0.25) is 0 Å². The lowest BCUT2D eigenvalue weighted by Crippen LogP contribution is -1.95. The van der Waals surface area contributed by atoms with Crippen molar-refractivity contribution >= 4 is 0 Å². The lowest BCUT2D eigenvalue weighted by atomic mass is 9.98. The SMILES string of the molecule is C#CC1C(C)=C(C)C(C)=C1C. The van der Waals surface area contributed by atoms with Crippen molar-refractivity contribution in [3.63, 3.8) is 0 Å². The van der Waals surface area contributed by atoms with Gasteiger partial charge in [-0.05, 0) is 38.8 Å². The molecule has 0 atom stereocenters. The highest BCUT2D eigenvalue weighted by Gasteiger charge is 2.21. The summed E-state index contributed by atoms with van der Waals surface area (Å²) in [6, 6.07) is 0. The largest absolute Gasteiger partial charge is 0.119 e. The van der Waals surface area contributed by atoms with Crippen molar-refractivity contribution in [2.45, 2.75) is 27.7 Å². The first-order chi connectivity index (χ1) is 5.09. The molecule has 0 heteroatoms. The van der Waals surface area contributed by atoms with Gasteiger partial charge >= 0.3 is 0 Å². The molecule has 58 valence electrons. The first-order valence-electron chi connectivity index (χ1n) is 3.90. The maximum atomic E-state index is 5.42. The van der Waals surface area contributed by atoms with Crippen LogP contribution >= 0.6 is 0 Å². The molecule has 0 saturated carbocycles. The van der Waals surface area contributed by atoms with E-state index < -0.39 is 0 Å². The number of rotatable bonds is 0. The number of hydrogen-bond acceptors (Lipinski definition) is 0. The third kappa shape index (κ3) is 1.01. The van der Waals surface area contributed by atoms with Gasteiger partial charge in [0, 0.05) is 0 Å². The van der Waals surface area contributed by atoms with Gasteiger partial charge in [-0.25, -0.2) is 0 Å². The molecule has 0 bridgehead atoms. The summed E-state index contributed by atoms with van der Waals surface area (Å²) in [6.07, 6.45) is 5.42. The average Bonchev–Trinajstić information content (AvgIpc) is 2.17. The molecule has 0 N–H and O–H groups in total. The molecule has 0 fully saturated rings. The second kappa shape index (κ2) is 2.58. The zero-order valence-corrected chi connectivity index (χ0v) is 7.65. The first kappa shape index (κ1) is 8.14. The first-order valence-corrected chi connectivity index (χ1v) is 3.90. The van der Waals surface area contributed by atoms with Crippen molar-refractivity contribution in [3.05, 3.63) is 22.3 Å². The van der Waals surface area contributed by atoms with Crippen LogP contribution in [0.4, 0.5) is 0 Å². The molecule has 0 radical (unpaired) electrons. The minimum absolute atomic E-state index is 0.273. The van der Waals surface area contributed by atoms with E-state index in [1.165, 1.54) is 22.3 Å². The minimum atomic E-state index is 0.273. The van der Waals surface area contributed by atoms with Gasteiger partial charge in [0.15, 0.2) is 0 Å². The molecule has 0 spiro atoms. The summed E-state index contributed by atoms with van der Waals surface area (Å²) in [4.78, 5) is 0. The van der Waals surface area contributed by atoms with E-state index in [0.29, 0.717) is 0 Å². The Labute approximate surface area is 69.0 Å². The molecule has 0 heterocycles. The van der Waals surface area contributed by atoms with Gasteiger partial charge in [-0.15, -0.1) is 6.42 Å². The normalized spacial score (nSPS) is 19.5. The molecule has 0 amide bonds. The molecule has 1 rings (SSSR count). The lowest BCUT2D eigenvalue weighted by molar-refractivity contribution is 0.944. The molecule has 0 unspecified atom stereocenters. The summed E-state index contributed by atoms with van der Waals surface area (Å²) in [6.45, 7) is 8.54. The Balaban J connectivity index is 3.17. The molecule has 0 saturated heterocycles.